The van der Waals surface area contributed by atoms with Crippen molar-refractivity contribution >= 4 is 23.0 Å². The molecule has 0 radical (unpaired) electrons. The Bertz CT molecular complexity index is 1200. The van der Waals surface area contributed by atoms with Gasteiger partial charge in [0.05, 0.1) is 28.9 Å². The standard InChI is InChI=1S/C21H21F3N6O2/c22-21(23,24)13-3-1-2-12-8-14(28-15(12)13)16-17-18(25)26-9-27-30(17)19(29-16)10-4-6-11(7-5-10)20(31)32/h1-3,9-11,14,28H,4-8H2,(H,31,32)(H2,25,26,27)/t10-,11-,14?. The molecule has 0 spiro atoms. The van der Waals surface area contributed by atoms with Gasteiger partial charge in [-0.15, -0.1) is 0 Å². The van der Waals surface area contributed by atoms with Crippen LogP contribution in [0.4, 0.5) is 24.7 Å². The lowest BCUT2D eigenvalue weighted by Gasteiger charge is -2.24. The average molecular weight is 446 g/mol. The van der Waals surface area contributed by atoms with Gasteiger partial charge in [0.25, 0.3) is 0 Å². The van der Waals surface area contributed by atoms with Gasteiger partial charge in [-0.3, -0.25) is 4.79 Å². The number of nitrogens with zero attached hydrogens (tertiary/aromatic N) is 4. The lowest BCUT2D eigenvalue weighted by atomic mass is 9.82. The van der Waals surface area contributed by atoms with Gasteiger partial charge >= 0.3 is 12.1 Å². The van der Waals surface area contributed by atoms with Crippen molar-refractivity contribution in [2.45, 2.75) is 50.2 Å². The summed E-state index contributed by atoms with van der Waals surface area (Å²) in [6.07, 6.45) is -0.491. The van der Waals surface area contributed by atoms with E-state index in [2.05, 4.69) is 15.4 Å². The Morgan fingerprint density at radius 1 is 1.22 bits per heavy atom. The molecule has 5 rings (SSSR count). The largest absolute Gasteiger partial charge is 0.481 e. The molecule has 2 aliphatic rings. The molecule has 8 nitrogen and oxygen atoms in total. The lowest BCUT2D eigenvalue weighted by molar-refractivity contribution is -0.143. The van der Waals surface area contributed by atoms with Crippen molar-refractivity contribution in [3.8, 4) is 0 Å². The summed E-state index contributed by atoms with van der Waals surface area (Å²) in [5, 5.41) is 16.6. The number of benzene rings is 1. The first-order chi connectivity index (χ1) is 15.2. The number of alkyl halides is 3. The highest BCUT2D eigenvalue weighted by atomic mass is 19.4. The van der Waals surface area contributed by atoms with E-state index >= 15 is 0 Å². The van der Waals surface area contributed by atoms with Gasteiger partial charge in [-0.1, -0.05) is 12.1 Å². The second-order valence-electron chi connectivity index (χ2n) is 8.39. The molecule has 1 saturated carbocycles. The van der Waals surface area contributed by atoms with Crippen molar-refractivity contribution in [3.63, 3.8) is 0 Å². The van der Waals surface area contributed by atoms with E-state index in [-0.39, 0.29) is 23.3 Å². The summed E-state index contributed by atoms with van der Waals surface area (Å²) in [6, 6.07) is 3.62. The quantitative estimate of drug-likeness (QED) is 0.560. The summed E-state index contributed by atoms with van der Waals surface area (Å²) in [5.74, 6) is -0.348. The van der Waals surface area contributed by atoms with Crippen LogP contribution in [-0.4, -0.2) is 30.7 Å². The smallest absolute Gasteiger partial charge is 0.418 e. The number of aromatic nitrogens is 4. The predicted molar refractivity (Wildman–Crippen MR) is 109 cm³/mol. The van der Waals surface area contributed by atoms with Gasteiger partial charge in [0, 0.05) is 12.3 Å². The van der Waals surface area contributed by atoms with Crippen LogP contribution in [0, 0.1) is 5.92 Å². The summed E-state index contributed by atoms with van der Waals surface area (Å²) in [5.41, 5.74) is 7.02. The van der Waals surface area contributed by atoms with Crippen LogP contribution in [0.2, 0.25) is 0 Å². The molecular weight excluding hydrogens is 425 g/mol. The predicted octanol–water partition coefficient (Wildman–Crippen LogP) is 3.79. The molecule has 0 saturated heterocycles. The van der Waals surface area contributed by atoms with Crippen LogP contribution in [0.25, 0.3) is 5.52 Å². The first-order valence-corrected chi connectivity index (χ1v) is 10.4. The molecule has 0 amide bonds. The zero-order valence-corrected chi connectivity index (χ0v) is 16.9. The summed E-state index contributed by atoms with van der Waals surface area (Å²) < 4.78 is 42.1. The molecule has 4 N–H and O–H groups in total. The number of nitrogens with two attached hydrogens (primary N) is 1. The van der Waals surface area contributed by atoms with E-state index in [0.29, 0.717) is 54.7 Å². The van der Waals surface area contributed by atoms with Crippen LogP contribution < -0.4 is 11.1 Å². The van der Waals surface area contributed by atoms with E-state index in [1.54, 1.807) is 10.6 Å². The molecule has 32 heavy (non-hydrogen) atoms. The number of hydrogen-bond donors (Lipinski definition) is 3. The van der Waals surface area contributed by atoms with Gasteiger partial charge in [-0.25, -0.2) is 14.5 Å². The maximum Gasteiger partial charge on any atom is 0.418 e. The number of nitrogen functional groups attached to an aromatic ring is 1. The van der Waals surface area contributed by atoms with Gasteiger partial charge < -0.3 is 16.2 Å². The number of carbonyl (C=O) groups is 1. The number of aliphatic carboxylic acids is 1. The minimum atomic E-state index is -4.47. The Morgan fingerprint density at radius 3 is 2.66 bits per heavy atom. The summed E-state index contributed by atoms with van der Waals surface area (Å²) >= 11 is 0. The molecule has 1 fully saturated rings. The number of carboxylic acids is 1. The minimum Gasteiger partial charge on any atom is -0.481 e. The van der Waals surface area contributed by atoms with Crippen molar-refractivity contribution in [2.75, 3.05) is 11.1 Å². The normalized spacial score (nSPS) is 23.2. The van der Waals surface area contributed by atoms with Crippen molar-refractivity contribution in [1.82, 2.24) is 19.6 Å². The third-order valence-electron chi connectivity index (χ3n) is 6.48. The molecule has 3 aromatic rings. The van der Waals surface area contributed by atoms with Crippen molar-refractivity contribution < 1.29 is 23.1 Å². The number of imidazole rings is 1. The number of halogens is 3. The number of nitrogens with one attached hydrogen (secondary N) is 1. The number of carboxylic acid groups (broad SMARTS) is 1. The molecule has 1 atom stereocenters. The molecule has 2 aromatic heterocycles. The molecule has 1 unspecified atom stereocenters. The highest BCUT2D eigenvalue weighted by molar-refractivity contribution is 5.73. The Hall–Kier alpha value is -3.37. The monoisotopic (exact) mass is 446 g/mol. The number of rotatable bonds is 3. The van der Waals surface area contributed by atoms with Crippen molar-refractivity contribution in [1.29, 1.82) is 0 Å². The number of para-hydroxylation sites is 1. The summed E-state index contributed by atoms with van der Waals surface area (Å²) in [4.78, 5) is 20.1. The summed E-state index contributed by atoms with van der Waals surface area (Å²) in [7, 11) is 0. The zero-order chi connectivity index (χ0) is 22.6. The molecule has 11 heteroatoms. The van der Waals surface area contributed by atoms with Gasteiger partial charge in [-0.2, -0.15) is 18.3 Å². The lowest BCUT2D eigenvalue weighted by Crippen LogP contribution is -2.21. The molecule has 1 aromatic carbocycles. The van der Waals surface area contributed by atoms with E-state index in [4.69, 9.17) is 10.7 Å². The number of anilines is 2. The molecule has 1 aliphatic carbocycles. The molecule has 3 heterocycles. The Labute approximate surface area is 180 Å². The number of hydrogen-bond acceptors (Lipinski definition) is 6. The highest BCUT2D eigenvalue weighted by Gasteiger charge is 2.39. The fourth-order valence-electron chi connectivity index (χ4n) is 4.90. The van der Waals surface area contributed by atoms with E-state index in [0.717, 1.165) is 6.07 Å². The van der Waals surface area contributed by atoms with Crippen LogP contribution in [0.3, 0.4) is 0 Å². The van der Waals surface area contributed by atoms with Crippen LogP contribution >= 0.6 is 0 Å². The van der Waals surface area contributed by atoms with Gasteiger partial charge in [0.2, 0.25) is 0 Å². The van der Waals surface area contributed by atoms with Crippen molar-refractivity contribution in [2.24, 2.45) is 5.92 Å². The van der Waals surface area contributed by atoms with Gasteiger partial charge in [0.1, 0.15) is 17.7 Å². The average Bonchev–Trinajstić information content (AvgIpc) is 3.35. The molecule has 168 valence electrons. The Kier molecular flexibility index (Phi) is 4.72. The SMILES string of the molecule is Nc1ncnn2c1c(C1Cc3cccc(C(F)(F)F)c3N1)nc2[C@H]1CC[C@H](C(=O)O)CC1. The van der Waals surface area contributed by atoms with Crippen LogP contribution in [0.15, 0.2) is 24.5 Å². The maximum atomic E-state index is 13.5. The topological polar surface area (TPSA) is 118 Å². The third kappa shape index (κ3) is 3.32. The zero-order valence-electron chi connectivity index (χ0n) is 16.9. The van der Waals surface area contributed by atoms with Crippen molar-refractivity contribution in [3.05, 3.63) is 47.2 Å². The van der Waals surface area contributed by atoms with E-state index in [1.165, 1.54) is 12.4 Å². The van der Waals surface area contributed by atoms with Crippen LogP contribution in [0.1, 0.15) is 60.3 Å². The van der Waals surface area contributed by atoms with Gasteiger partial charge in [-0.05, 0) is 37.3 Å². The second kappa shape index (κ2) is 7.35. The Morgan fingerprint density at radius 2 is 1.97 bits per heavy atom. The maximum absolute atomic E-state index is 13.5. The fraction of sp³-hybridized carbons (Fsp3) is 0.429. The summed E-state index contributed by atoms with van der Waals surface area (Å²) in [6.45, 7) is 0. The molecular formula is C21H21F3N6O2. The first-order valence-electron chi connectivity index (χ1n) is 10.4. The molecule has 1 aliphatic heterocycles. The highest BCUT2D eigenvalue weighted by Crippen LogP contribution is 2.44. The van der Waals surface area contributed by atoms with E-state index in [9.17, 15) is 23.1 Å². The van der Waals surface area contributed by atoms with Crippen LogP contribution in [0.5, 0.6) is 0 Å². The minimum absolute atomic E-state index is 0.0179. The second-order valence-corrected chi connectivity index (χ2v) is 8.39. The van der Waals surface area contributed by atoms with Crippen LogP contribution in [-0.2, 0) is 17.4 Å². The first kappa shape index (κ1) is 20.5. The van der Waals surface area contributed by atoms with E-state index in [1.807, 2.05) is 0 Å². The Balaban J connectivity index is 1.53. The number of fused-ring (bicyclic) bond motifs is 2. The third-order valence-corrected chi connectivity index (χ3v) is 6.48. The molecule has 0 bridgehead atoms. The fourth-order valence-corrected chi connectivity index (χ4v) is 4.90. The van der Waals surface area contributed by atoms with Gasteiger partial charge in [0.15, 0.2) is 5.82 Å². The van der Waals surface area contributed by atoms with E-state index < -0.39 is 23.8 Å².